The van der Waals surface area contributed by atoms with Crippen molar-refractivity contribution in [1.29, 1.82) is 0 Å². The number of H-pyrrole nitrogens is 1. The Hall–Kier alpha value is -3.65. The maximum absolute atomic E-state index is 12.4. The van der Waals surface area contributed by atoms with Crippen molar-refractivity contribution in [3.8, 4) is 11.1 Å². The number of hydrogen-bond donors (Lipinski definition) is 2. The lowest BCUT2D eigenvalue weighted by molar-refractivity contribution is -0.155. The molecule has 2 aliphatic rings. The summed E-state index contributed by atoms with van der Waals surface area (Å²) >= 11 is 0. The van der Waals surface area contributed by atoms with Gasteiger partial charge in [0.25, 0.3) is 6.29 Å². The van der Waals surface area contributed by atoms with E-state index in [9.17, 15) is 5.11 Å². The summed E-state index contributed by atoms with van der Waals surface area (Å²) in [5, 5.41) is 16.6. The van der Waals surface area contributed by atoms with Gasteiger partial charge >= 0.3 is 0 Å². The summed E-state index contributed by atoms with van der Waals surface area (Å²) in [4.78, 5) is 12.8. The van der Waals surface area contributed by atoms with Gasteiger partial charge < -0.3 is 24.1 Å². The first-order chi connectivity index (χ1) is 16.0. The molecule has 33 heavy (non-hydrogen) atoms. The number of rotatable bonds is 5. The second-order valence-corrected chi connectivity index (χ2v) is 8.79. The molecule has 0 amide bonds. The van der Waals surface area contributed by atoms with Crippen LogP contribution in [0.1, 0.15) is 52.9 Å². The molecular weight excluding hydrogens is 420 g/mol. The predicted octanol–water partition coefficient (Wildman–Crippen LogP) is 4.50. The highest BCUT2D eigenvalue weighted by Gasteiger charge is 2.48. The first-order valence-corrected chi connectivity index (χ1v) is 11.0. The highest BCUT2D eigenvalue weighted by Crippen LogP contribution is 2.45. The van der Waals surface area contributed by atoms with Crippen molar-refractivity contribution in [1.82, 2.24) is 20.1 Å². The molecule has 1 saturated carbocycles. The predicted molar refractivity (Wildman–Crippen MR) is 120 cm³/mol. The zero-order chi connectivity index (χ0) is 22.7. The van der Waals surface area contributed by atoms with Crippen LogP contribution in [0, 0.1) is 20.8 Å². The minimum atomic E-state index is -1.68. The molecular formula is C25H24N4O4. The molecule has 1 aromatic carbocycles. The zero-order valence-corrected chi connectivity index (χ0v) is 18.6. The van der Waals surface area contributed by atoms with Gasteiger partial charge in [-0.15, -0.1) is 0 Å². The molecule has 4 aromatic rings. The van der Waals surface area contributed by atoms with Crippen LogP contribution in [0.2, 0.25) is 0 Å². The van der Waals surface area contributed by atoms with Gasteiger partial charge in [-0.3, -0.25) is 4.98 Å². The highest BCUT2D eigenvalue weighted by atomic mass is 16.7. The molecule has 3 aromatic heterocycles. The van der Waals surface area contributed by atoms with Crippen LogP contribution in [0.3, 0.4) is 0 Å². The van der Waals surface area contributed by atoms with Crippen LogP contribution in [0.25, 0.3) is 22.2 Å². The molecule has 1 unspecified atom stereocenters. The summed E-state index contributed by atoms with van der Waals surface area (Å²) in [6.45, 7) is 5.65. The van der Waals surface area contributed by atoms with E-state index < -0.39 is 11.9 Å². The largest absolute Gasteiger partial charge is 0.456 e. The molecule has 0 spiro atoms. The van der Waals surface area contributed by atoms with Crippen molar-refractivity contribution in [2.45, 2.75) is 51.4 Å². The molecule has 8 nitrogen and oxygen atoms in total. The number of fused-ring (bicyclic) bond motifs is 1. The average molecular weight is 444 g/mol. The average Bonchev–Trinajstić information content (AvgIpc) is 3.19. The molecule has 1 fully saturated rings. The fraction of sp³-hybridized carbons (Fsp3) is 0.320. The van der Waals surface area contributed by atoms with E-state index in [-0.39, 0.29) is 0 Å². The SMILES string of the molecule is Cc1ncccc1C(O)(c1cc(-c2c(C)noc2C)cc2[nH]c(C3CC3)nc12)C1OC=CO1. The van der Waals surface area contributed by atoms with Crippen molar-refractivity contribution in [2.75, 3.05) is 0 Å². The number of pyridine rings is 1. The lowest BCUT2D eigenvalue weighted by Crippen LogP contribution is -2.42. The maximum Gasteiger partial charge on any atom is 0.276 e. The molecule has 1 atom stereocenters. The van der Waals surface area contributed by atoms with Gasteiger partial charge in [-0.2, -0.15) is 0 Å². The zero-order valence-electron chi connectivity index (χ0n) is 18.6. The minimum Gasteiger partial charge on any atom is -0.456 e. The topological polar surface area (TPSA) is 106 Å². The Labute approximate surface area is 190 Å². The third kappa shape index (κ3) is 3.05. The third-order valence-electron chi connectivity index (χ3n) is 6.52. The Morgan fingerprint density at radius 2 is 1.85 bits per heavy atom. The van der Waals surface area contributed by atoms with Crippen molar-refractivity contribution in [3.63, 3.8) is 0 Å². The van der Waals surface area contributed by atoms with E-state index in [2.05, 4.69) is 15.1 Å². The smallest absolute Gasteiger partial charge is 0.276 e. The first-order valence-electron chi connectivity index (χ1n) is 11.0. The number of nitrogens with zero attached hydrogens (tertiary/aromatic N) is 3. The number of imidazole rings is 1. The number of aromatic amines is 1. The second kappa shape index (κ2) is 7.18. The molecule has 0 saturated heterocycles. The van der Waals surface area contributed by atoms with Crippen molar-refractivity contribution in [2.24, 2.45) is 0 Å². The van der Waals surface area contributed by atoms with Crippen molar-refractivity contribution in [3.05, 3.63) is 77.1 Å². The van der Waals surface area contributed by atoms with E-state index in [0.717, 1.165) is 41.0 Å². The molecule has 0 radical (unpaired) electrons. The molecule has 1 aliphatic heterocycles. The Kier molecular flexibility index (Phi) is 4.35. The molecule has 2 N–H and O–H groups in total. The molecule has 8 heteroatoms. The summed E-state index contributed by atoms with van der Waals surface area (Å²) in [5.41, 5.74) is 4.19. The van der Waals surface area contributed by atoms with Crippen LogP contribution < -0.4 is 0 Å². The Morgan fingerprint density at radius 3 is 2.52 bits per heavy atom. The maximum atomic E-state index is 12.4. The van der Waals surface area contributed by atoms with Gasteiger partial charge in [0.05, 0.1) is 16.7 Å². The molecule has 6 rings (SSSR count). The number of hydrogen-bond acceptors (Lipinski definition) is 7. The van der Waals surface area contributed by atoms with Crippen LogP contribution in [-0.4, -0.2) is 31.5 Å². The van der Waals surface area contributed by atoms with E-state index >= 15 is 0 Å². The summed E-state index contributed by atoms with van der Waals surface area (Å²) in [7, 11) is 0. The van der Waals surface area contributed by atoms with Gasteiger partial charge in [0.1, 0.15) is 24.1 Å². The summed E-state index contributed by atoms with van der Waals surface area (Å²) in [6, 6.07) is 7.61. The second-order valence-electron chi connectivity index (χ2n) is 8.79. The molecule has 168 valence electrons. The number of aryl methyl sites for hydroxylation is 3. The molecule has 1 aliphatic carbocycles. The van der Waals surface area contributed by atoms with Gasteiger partial charge in [-0.05, 0) is 57.4 Å². The van der Waals surface area contributed by atoms with Crippen LogP contribution >= 0.6 is 0 Å². The Bertz CT molecular complexity index is 1370. The van der Waals surface area contributed by atoms with E-state index in [1.165, 1.54) is 12.5 Å². The van der Waals surface area contributed by atoms with Crippen LogP contribution in [0.15, 0.2) is 47.5 Å². The quantitative estimate of drug-likeness (QED) is 0.467. The highest BCUT2D eigenvalue weighted by molar-refractivity contribution is 5.87. The standard InChI is InChI=1S/C25H24N4O4/c1-13-18(5-4-8-26-13)25(30,24-31-9-10-32-24)19-11-17(21-14(2)29-33-15(21)3)12-20-22(19)28-23(27-20)16-6-7-16/h4-5,8-12,16,24,30H,6-7H2,1-3H3,(H,27,28). The van der Waals surface area contributed by atoms with E-state index in [1.807, 2.05) is 39.0 Å². The van der Waals surface area contributed by atoms with Gasteiger partial charge in [0.2, 0.25) is 0 Å². The van der Waals surface area contributed by atoms with Crippen molar-refractivity contribution < 1.29 is 19.1 Å². The fourth-order valence-corrected chi connectivity index (χ4v) is 4.74. The summed E-state index contributed by atoms with van der Waals surface area (Å²) in [6.07, 6.45) is 5.80. The minimum absolute atomic E-state index is 0.418. The fourth-order valence-electron chi connectivity index (χ4n) is 4.74. The van der Waals surface area contributed by atoms with E-state index in [0.29, 0.717) is 34.0 Å². The van der Waals surface area contributed by atoms with Crippen LogP contribution in [0.5, 0.6) is 0 Å². The monoisotopic (exact) mass is 444 g/mol. The van der Waals surface area contributed by atoms with Gasteiger partial charge in [-0.1, -0.05) is 11.2 Å². The number of ether oxygens (including phenoxy) is 2. The Morgan fingerprint density at radius 1 is 1.06 bits per heavy atom. The Balaban J connectivity index is 1.67. The van der Waals surface area contributed by atoms with Gasteiger partial charge in [-0.25, -0.2) is 4.98 Å². The number of aromatic nitrogens is 4. The van der Waals surface area contributed by atoms with Crippen LogP contribution in [-0.2, 0) is 15.1 Å². The summed E-state index contributed by atoms with van der Waals surface area (Å²) < 4.78 is 16.9. The van der Waals surface area contributed by atoms with Gasteiger partial charge in [0.15, 0.2) is 5.60 Å². The molecule has 4 heterocycles. The lowest BCUT2D eigenvalue weighted by Gasteiger charge is -2.34. The van der Waals surface area contributed by atoms with Crippen molar-refractivity contribution >= 4 is 11.0 Å². The van der Waals surface area contributed by atoms with Crippen LogP contribution in [0.4, 0.5) is 0 Å². The third-order valence-corrected chi connectivity index (χ3v) is 6.52. The molecule has 0 bridgehead atoms. The number of nitrogens with one attached hydrogen (secondary N) is 1. The number of benzene rings is 1. The van der Waals surface area contributed by atoms with E-state index in [1.54, 1.807) is 12.3 Å². The normalized spacial score (nSPS) is 17.8. The van der Waals surface area contributed by atoms with E-state index in [4.69, 9.17) is 19.0 Å². The number of aliphatic hydroxyl groups is 1. The van der Waals surface area contributed by atoms with Gasteiger partial charge in [0, 0.05) is 34.5 Å². The lowest BCUT2D eigenvalue weighted by atomic mass is 9.82. The first kappa shape index (κ1) is 20.0. The summed E-state index contributed by atoms with van der Waals surface area (Å²) in [5.74, 6) is 2.05.